The van der Waals surface area contributed by atoms with Crippen molar-refractivity contribution >= 4 is 18.6 Å². The van der Waals surface area contributed by atoms with Gasteiger partial charge >= 0.3 is 5.97 Å². The van der Waals surface area contributed by atoms with Gasteiger partial charge in [-0.2, -0.15) is 0 Å². The number of carboxylic acid groups (broad SMARTS) is 1. The van der Waals surface area contributed by atoms with Gasteiger partial charge in [0.15, 0.2) is 0 Å². The summed E-state index contributed by atoms with van der Waals surface area (Å²) in [6, 6.07) is 7.30. The number of carboxylic acids is 1. The van der Waals surface area contributed by atoms with Crippen LogP contribution in [0.3, 0.4) is 0 Å². The van der Waals surface area contributed by atoms with Crippen molar-refractivity contribution in [1.29, 1.82) is 0 Å². The van der Waals surface area contributed by atoms with E-state index in [1.54, 1.807) is 0 Å². The van der Waals surface area contributed by atoms with Gasteiger partial charge in [0.1, 0.15) is 0 Å². The molecule has 2 nitrogen and oxygen atoms in total. The summed E-state index contributed by atoms with van der Waals surface area (Å²) >= 11 is 4.22. The lowest BCUT2D eigenvalue weighted by molar-refractivity contribution is -0.138. The Morgan fingerprint density at radius 1 is 1.54 bits per heavy atom. The third kappa shape index (κ3) is 2.25. The molecule has 0 aromatic heterocycles. The molecule has 3 heteroatoms. The van der Waals surface area contributed by atoms with Crippen molar-refractivity contribution in [3.05, 3.63) is 29.8 Å². The van der Waals surface area contributed by atoms with E-state index in [1.165, 1.54) is 0 Å². The van der Waals surface area contributed by atoms with Crippen molar-refractivity contribution in [1.82, 2.24) is 0 Å². The molecule has 0 fully saturated rings. The van der Waals surface area contributed by atoms with Gasteiger partial charge in [0.05, 0.1) is 5.92 Å². The maximum atomic E-state index is 10.8. The SMILES string of the molecule is CCC(C(=O)O)c1ccccc1S. The molecule has 1 aromatic carbocycles. The predicted molar refractivity (Wildman–Crippen MR) is 54.4 cm³/mol. The summed E-state index contributed by atoms with van der Waals surface area (Å²) in [5, 5.41) is 8.92. The van der Waals surface area contributed by atoms with Gasteiger partial charge in [-0.3, -0.25) is 4.79 Å². The second-order valence-electron chi connectivity index (χ2n) is 2.86. The van der Waals surface area contributed by atoms with Crippen LogP contribution in [0.1, 0.15) is 24.8 Å². The maximum Gasteiger partial charge on any atom is 0.311 e. The molecule has 0 aliphatic carbocycles. The molecule has 1 rings (SSSR count). The number of aliphatic carboxylic acids is 1. The fraction of sp³-hybridized carbons (Fsp3) is 0.300. The number of hydrogen-bond acceptors (Lipinski definition) is 2. The monoisotopic (exact) mass is 196 g/mol. The van der Waals surface area contributed by atoms with E-state index >= 15 is 0 Å². The normalized spacial score (nSPS) is 12.5. The molecule has 0 saturated heterocycles. The molecular weight excluding hydrogens is 184 g/mol. The molecule has 1 unspecified atom stereocenters. The van der Waals surface area contributed by atoms with Crippen LogP contribution in [0.5, 0.6) is 0 Å². The molecular formula is C10H12O2S. The Labute approximate surface area is 83.0 Å². The first-order chi connectivity index (χ1) is 6.16. The zero-order chi connectivity index (χ0) is 9.84. The summed E-state index contributed by atoms with van der Waals surface area (Å²) in [6.07, 6.45) is 0.590. The standard InChI is InChI=1S/C10H12O2S/c1-2-7(10(11)12)8-5-3-4-6-9(8)13/h3-7,13H,2H2,1H3,(H,11,12). The van der Waals surface area contributed by atoms with Crippen LogP contribution in [0, 0.1) is 0 Å². The highest BCUT2D eigenvalue weighted by Crippen LogP contribution is 2.25. The zero-order valence-corrected chi connectivity index (χ0v) is 8.29. The van der Waals surface area contributed by atoms with Crippen LogP contribution in [0.25, 0.3) is 0 Å². The van der Waals surface area contributed by atoms with Gasteiger partial charge < -0.3 is 5.11 Å². The molecule has 13 heavy (non-hydrogen) atoms. The van der Waals surface area contributed by atoms with Gasteiger partial charge in [-0.05, 0) is 18.1 Å². The van der Waals surface area contributed by atoms with Crippen molar-refractivity contribution in [3.63, 3.8) is 0 Å². The minimum absolute atomic E-state index is 0.436. The highest BCUT2D eigenvalue weighted by atomic mass is 32.1. The third-order valence-electron chi connectivity index (χ3n) is 2.02. The van der Waals surface area contributed by atoms with Crippen LogP contribution in [0.4, 0.5) is 0 Å². The quantitative estimate of drug-likeness (QED) is 0.729. The van der Waals surface area contributed by atoms with E-state index in [1.807, 2.05) is 31.2 Å². The largest absolute Gasteiger partial charge is 0.481 e. The van der Waals surface area contributed by atoms with Crippen LogP contribution in [-0.4, -0.2) is 11.1 Å². The van der Waals surface area contributed by atoms with Crippen molar-refractivity contribution in [2.24, 2.45) is 0 Å². The minimum atomic E-state index is -0.788. The smallest absolute Gasteiger partial charge is 0.311 e. The minimum Gasteiger partial charge on any atom is -0.481 e. The van der Waals surface area contributed by atoms with Crippen LogP contribution in [0.15, 0.2) is 29.2 Å². The first kappa shape index (κ1) is 10.1. The number of benzene rings is 1. The van der Waals surface area contributed by atoms with Gasteiger partial charge in [-0.1, -0.05) is 25.1 Å². The van der Waals surface area contributed by atoms with Crippen molar-refractivity contribution in [2.45, 2.75) is 24.2 Å². The molecule has 1 atom stereocenters. The van der Waals surface area contributed by atoms with E-state index < -0.39 is 11.9 Å². The summed E-state index contributed by atoms with van der Waals surface area (Å²) in [4.78, 5) is 11.6. The van der Waals surface area contributed by atoms with Crippen LogP contribution in [0.2, 0.25) is 0 Å². The van der Waals surface area contributed by atoms with E-state index in [9.17, 15) is 4.79 Å². The molecule has 0 heterocycles. The van der Waals surface area contributed by atoms with Gasteiger partial charge in [0, 0.05) is 4.90 Å². The first-order valence-electron chi connectivity index (χ1n) is 4.17. The lowest BCUT2D eigenvalue weighted by Crippen LogP contribution is -2.10. The molecule has 0 radical (unpaired) electrons. The maximum absolute atomic E-state index is 10.8. The number of thiol groups is 1. The zero-order valence-electron chi connectivity index (χ0n) is 7.40. The molecule has 0 bridgehead atoms. The Hall–Kier alpha value is -0.960. The number of carbonyl (C=O) groups is 1. The summed E-state index contributed by atoms with van der Waals surface area (Å²) in [6.45, 7) is 1.86. The summed E-state index contributed by atoms with van der Waals surface area (Å²) in [5.74, 6) is -1.22. The van der Waals surface area contributed by atoms with Crippen molar-refractivity contribution < 1.29 is 9.90 Å². The van der Waals surface area contributed by atoms with Crippen LogP contribution in [-0.2, 0) is 4.79 Å². The van der Waals surface area contributed by atoms with Gasteiger partial charge in [0.25, 0.3) is 0 Å². The summed E-state index contributed by atoms with van der Waals surface area (Å²) < 4.78 is 0. The number of rotatable bonds is 3. The molecule has 70 valence electrons. The topological polar surface area (TPSA) is 37.3 Å². The fourth-order valence-electron chi connectivity index (χ4n) is 1.31. The molecule has 0 saturated carbocycles. The van der Waals surface area contributed by atoms with Crippen molar-refractivity contribution in [3.8, 4) is 0 Å². The Morgan fingerprint density at radius 3 is 2.62 bits per heavy atom. The molecule has 0 spiro atoms. The van der Waals surface area contributed by atoms with E-state index in [2.05, 4.69) is 12.6 Å². The molecule has 0 amide bonds. The Bertz CT molecular complexity index is 310. The van der Waals surface area contributed by atoms with Gasteiger partial charge in [-0.15, -0.1) is 12.6 Å². The van der Waals surface area contributed by atoms with Gasteiger partial charge in [0.2, 0.25) is 0 Å². The third-order valence-corrected chi connectivity index (χ3v) is 2.43. The van der Waals surface area contributed by atoms with Crippen LogP contribution >= 0.6 is 12.6 Å². The van der Waals surface area contributed by atoms with E-state index in [0.29, 0.717) is 6.42 Å². The highest BCUT2D eigenvalue weighted by molar-refractivity contribution is 7.80. The Morgan fingerprint density at radius 2 is 2.15 bits per heavy atom. The summed E-state index contributed by atoms with van der Waals surface area (Å²) in [7, 11) is 0. The summed E-state index contributed by atoms with van der Waals surface area (Å²) in [5.41, 5.74) is 0.792. The van der Waals surface area contributed by atoms with E-state index in [-0.39, 0.29) is 0 Å². The van der Waals surface area contributed by atoms with E-state index in [4.69, 9.17) is 5.11 Å². The molecule has 1 aromatic rings. The molecule has 0 aliphatic rings. The van der Waals surface area contributed by atoms with Gasteiger partial charge in [-0.25, -0.2) is 0 Å². The van der Waals surface area contributed by atoms with Crippen molar-refractivity contribution in [2.75, 3.05) is 0 Å². The molecule has 0 aliphatic heterocycles. The average Bonchev–Trinajstić information content (AvgIpc) is 2.09. The fourth-order valence-corrected chi connectivity index (χ4v) is 1.63. The van der Waals surface area contributed by atoms with Crippen LogP contribution < -0.4 is 0 Å². The second kappa shape index (κ2) is 4.33. The predicted octanol–water partition coefficient (Wildman–Crippen LogP) is 2.55. The Balaban J connectivity index is 3.04. The molecule has 1 N–H and O–H groups in total. The van der Waals surface area contributed by atoms with E-state index in [0.717, 1.165) is 10.5 Å². The average molecular weight is 196 g/mol. The first-order valence-corrected chi connectivity index (χ1v) is 4.62. The lowest BCUT2D eigenvalue weighted by Gasteiger charge is -2.11. The number of hydrogen-bond donors (Lipinski definition) is 2. The Kier molecular flexibility index (Phi) is 3.37. The highest BCUT2D eigenvalue weighted by Gasteiger charge is 2.18. The lowest BCUT2D eigenvalue weighted by atomic mass is 9.97. The second-order valence-corrected chi connectivity index (χ2v) is 3.34.